The highest BCUT2D eigenvalue weighted by molar-refractivity contribution is 5.99. The fraction of sp³-hybridized carbons (Fsp3) is 0.438. The molecule has 0 fully saturated rings. The van der Waals surface area contributed by atoms with Gasteiger partial charge in [-0.25, -0.2) is 0 Å². The molecule has 0 radical (unpaired) electrons. The normalized spacial score (nSPS) is 11.7. The molecule has 0 bridgehead atoms. The SMILES string of the molecule is C#CC(CCC)NC(=O)c1ccccc1NC(C)C. The second kappa shape index (κ2) is 7.48. The van der Waals surface area contributed by atoms with E-state index in [1.807, 2.05) is 39.0 Å². The summed E-state index contributed by atoms with van der Waals surface area (Å²) in [5.41, 5.74) is 1.47. The Morgan fingerprint density at radius 1 is 1.37 bits per heavy atom. The van der Waals surface area contributed by atoms with Crippen molar-refractivity contribution in [3.05, 3.63) is 29.8 Å². The maximum Gasteiger partial charge on any atom is 0.254 e. The molecule has 0 heterocycles. The fourth-order valence-corrected chi connectivity index (χ4v) is 1.84. The summed E-state index contributed by atoms with van der Waals surface area (Å²) in [6.07, 6.45) is 7.16. The minimum Gasteiger partial charge on any atom is -0.382 e. The summed E-state index contributed by atoms with van der Waals surface area (Å²) in [5, 5.41) is 6.15. The number of terminal acetylenes is 1. The zero-order valence-electron chi connectivity index (χ0n) is 11.9. The van der Waals surface area contributed by atoms with Crippen LogP contribution in [0.5, 0.6) is 0 Å². The Morgan fingerprint density at radius 3 is 2.63 bits per heavy atom. The molecule has 0 saturated carbocycles. The van der Waals surface area contributed by atoms with Crippen molar-refractivity contribution in [1.82, 2.24) is 5.32 Å². The lowest BCUT2D eigenvalue weighted by Gasteiger charge is -2.16. The molecular weight excluding hydrogens is 236 g/mol. The molecule has 102 valence electrons. The number of para-hydroxylation sites is 1. The lowest BCUT2D eigenvalue weighted by molar-refractivity contribution is 0.0945. The monoisotopic (exact) mass is 258 g/mol. The van der Waals surface area contributed by atoms with Crippen LogP contribution in [-0.2, 0) is 0 Å². The van der Waals surface area contributed by atoms with Crippen LogP contribution in [0.3, 0.4) is 0 Å². The fourth-order valence-electron chi connectivity index (χ4n) is 1.84. The van der Waals surface area contributed by atoms with Gasteiger partial charge in [-0.1, -0.05) is 31.4 Å². The Bertz CT molecular complexity index is 460. The van der Waals surface area contributed by atoms with Gasteiger partial charge in [-0.05, 0) is 32.4 Å². The molecule has 1 aromatic rings. The van der Waals surface area contributed by atoms with E-state index in [4.69, 9.17) is 6.42 Å². The molecule has 0 aliphatic rings. The summed E-state index contributed by atoms with van der Waals surface area (Å²) in [5.74, 6) is 2.49. The van der Waals surface area contributed by atoms with Crippen LogP contribution >= 0.6 is 0 Å². The highest BCUT2D eigenvalue weighted by Crippen LogP contribution is 2.16. The molecule has 2 N–H and O–H groups in total. The van der Waals surface area contributed by atoms with Crippen molar-refractivity contribution in [2.75, 3.05) is 5.32 Å². The van der Waals surface area contributed by atoms with E-state index in [1.54, 1.807) is 6.07 Å². The molecule has 1 atom stereocenters. The third kappa shape index (κ3) is 4.67. The number of carbonyl (C=O) groups is 1. The van der Waals surface area contributed by atoms with Crippen molar-refractivity contribution in [2.24, 2.45) is 0 Å². The van der Waals surface area contributed by atoms with Gasteiger partial charge in [0.25, 0.3) is 5.91 Å². The van der Waals surface area contributed by atoms with Crippen molar-refractivity contribution in [2.45, 2.75) is 45.7 Å². The Labute approximate surface area is 115 Å². The minimum absolute atomic E-state index is 0.125. The predicted octanol–water partition coefficient (Wildman–Crippen LogP) is 3.04. The highest BCUT2D eigenvalue weighted by atomic mass is 16.1. The van der Waals surface area contributed by atoms with Crippen molar-refractivity contribution < 1.29 is 4.79 Å². The first kappa shape index (κ1) is 15.1. The van der Waals surface area contributed by atoms with Gasteiger partial charge in [0.15, 0.2) is 0 Å². The molecule has 1 rings (SSSR count). The molecule has 0 aliphatic heterocycles. The summed E-state index contributed by atoms with van der Waals surface area (Å²) in [6.45, 7) is 6.12. The van der Waals surface area contributed by atoms with Gasteiger partial charge in [-0.15, -0.1) is 6.42 Å². The van der Waals surface area contributed by atoms with Gasteiger partial charge in [0.2, 0.25) is 0 Å². The van der Waals surface area contributed by atoms with Crippen molar-refractivity contribution in [3.8, 4) is 12.3 Å². The van der Waals surface area contributed by atoms with Crippen LogP contribution in [0.2, 0.25) is 0 Å². The van der Waals surface area contributed by atoms with Gasteiger partial charge in [-0.2, -0.15) is 0 Å². The van der Waals surface area contributed by atoms with Gasteiger partial charge in [-0.3, -0.25) is 4.79 Å². The van der Waals surface area contributed by atoms with Gasteiger partial charge in [0, 0.05) is 11.7 Å². The second-order valence-electron chi connectivity index (χ2n) is 4.83. The number of carbonyl (C=O) groups excluding carboxylic acids is 1. The molecular formula is C16H22N2O. The number of hydrogen-bond donors (Lipinski definition) is 2. The smallest absolute Gasteiger partial charge is 0.254 e. The van der Waals surface area contributed by atoms with Crippen LogP contribution in [0.15, 0.2) is 24.3 Å². The van der Waals surface area contributed by atoms with Gasteiger partial charge in [0.05, 0.1) is 11.6 Å². The molecule has 1 aromatic carbocycles. The topological polar surface area (TPSA) is 41.1 Å². The van der Waals surface area contributed by atoms with E-state index in [-0.39, 0.29) is 18.0 Å². The number of benzene rings is 1. The predicted molar refractivity (Wildman–Crippen MR) is 80.2 cm³/mol. The lowest BCUT2D eigenvalue weighted by Crippen LogP contribution is -2.34. The maximum atomic E-state index is 12.2. The van der Waals surface area contributed by atoms with E-state index in [1.165, 1.54) is 0 Å². The van der Waals surface area contributed by atoms with Crippen LogP contribution in [0, 0.1) is 12.3 Å². The summed E-state index contributed by atoms with van der Waals surface area (Å²) in [4.78, 5) is 12.2. The van der Waals surface area contributed by atoms with Crippen molar-refractivity contribution in [1.29, 1.82) is 0 Å². The average molecular weight is 258 g/mol. The number of rotatable bonds is 6. The Hall–Kier alpha value is -1.95. The highest BCUT2D eigenvalue weighted by Gasteiger charge is 2.14. The van der Waals surface area contributed by atoms with Crippen LogP contribution in [0.25, 0.3) is 0 Å². The molecule has 0 spiro atoms. The number of hydrogen-bond acceptors (Lipinski definition) is 2. The van der Waals surface area contributed by atoms with E-state index < -0.39 is 0 Å². The molecule has 3 heteroatoms. The summed E-state index contributed by atoms with van der Waals surface area (Å²) < 4.78 is 0. The number of amides is 1. The number of nitrogens with one attached hydrogen (secondary N) is 2. The van der Waals surface area contributed by atoms with Gasteiger partial charge < -0.3 is 10.6 Å². The molecule has 0 saturated heterocycles. The number of anilines is 1. The Morgan fingerprint density at radius 2 is 2.05 bits per heavy atom. The van der Waals surface area contributed by atoms with Crippen molar-refractivity contribution >= 4 is 11.6 Å². The molecule has 19 heavy (non-hydrogen) atoms. The van der Waals surface area contributed by atoms with Gasteiger partial charge in [0.1, 0.15) is 0 Å². The van der Waals surface area contributed by atoms with Crippen molar-refractivity contribution in [3.63, 3.8) is 0 Å². The van der Waals surface area contributed by atoms with Crippen LogP contribution < -0.4 is 10.6 Å². The zero-order valence-corrected chi connectivity index (χ0v) is 11.9. The molecule has 3 nitrogen and oxygen atoms in total. The van der Waals surface area contributed by atoms with E-state index in [0.717, 1.165) is 18.5 Å². The first-order valence-electron chi connectivity index (χ1n) is 6.71. The second-order valence-corrected chi connectivity index (χ2v) is 4.83. The standard InChI is InChI=1S/C16H22N2O/c1-5-9-13(6-2)18-16(19)14-10-7-8-11-15(14)17-12(3)4/h2,7-8,10-13,17H,5,9H2,1,3-4H3,(H,18,19). The van der Waals surface area contributed by atoms with E-state index in [2.05, 4.69) is 16.6 Å². The lowest BCUT2D eigenvalue weighted by atomic mass is 10.1. The van der Waals surface area contributed by atoms with Crippen LogP contribution in [0.4, 0.5) is 5.69 Å². The third-order valence-electron chi connectivity index (χ3n) is 2.70. The summed E-state index contributed by atoms with van der Waals surface area (Å²) >= 11 is 0. The first-order chi connectivity index (χ1) is 9.08. The molecule has 0 aliphatic carbocycles. The minimum atomic E-state index is -0.204. The van der Waals surface area contributed by atoms with Crippen LogP contribution in [0.1, 0.15) is 44.0 Å². The maximum absolute atomic E-state index is 12.2. The third-order valence-corrected chi connectivity index (χ3v) is 2.70. The summed E-state index contributed by atoms with van der Waals surface area (Å²) in [7, 11) is 0. The molecule has 0 aromatic heterocycles. The average Bonchev–Trinajstić information content (AvgIpc) is 2.38. The van der Waals surface area contributed by atoms with E-state index in [0.29, 0.717) is 5.56 Å². The van der Waals surface area contributed by atoms with Crippen LogP contribution in [-0.4, -0.2) is 18.0 Å². The largest absolute Gasteiger partial charge is 0.382 e. The first-order valence-corrected chi connectivity index (χ1v) is 6.71. The summed E-state index contributed by atoms with van der Waals surface area (Å²) in [6, 6.07) is 7.54. The quantitative estimate of drug-likeness (QED) is 0.770. The zero-order chi connectivity index (χ0) is 14.3. The Kier molecular flexibility index (Phi) is 5.95. The van der Waals surface area contributed by atoms with Gasteiger partial charge >= 0.3 is 0 Å². The van der Waals surface area contributed by atoms with E-state index in [9.17, 15) is 4.79 Å². The van der Waals surface area contributed by atoms with E-state index >= 15 is 0 Å². The molecule has 1 unspecified atom stereocenters. The Balaban J connectivity index is 2.84. The molecule has 1 amide bonds.